The Hall–Kier alpha value is -1.46. The lowest BCUT2D eigenvalue weighted by Gasteiger charge is -2.59. The van der Waals surface area contributed by atoms with Crippen LogP contribution >= 0.6 is 0 Å². The average molecular weight is 256 g/mol. The molecule has 0 aromatic heterocycles. The molecule has 6 heteroatoms. The van der Waals surface area contributed by atoms with E-state index in [0.29, 0.717) is 43.9 Å². The average Bonchev–Trinajstić information content (AvgIpc) is 2.08. The Morgan fingerprint density at radius 1 is 0.889 bits per heavy atom. The number of hydrogen-bond donors (Lipinski definition) is 2. The van der Waals surface area contributed by atoms with E-state index in [1.165, 1.54) is 0 Å². The van der Waals surface area contributed by atoms with Crippen LogP contribution in [0.1, 0.15) is 38.5 Å². The van der Waals surface area contributed by atoms with Crippen molar-refractivity contribution in [2.75, 3.05) is 0 Å². The molecule has 0 radical (unpaired) electrons. The van der Waals surface area contributed by atoms with Gasteiger partial charge in [-0.25, -0.2) is 9.59 Å². The zero-order valence-electron chi connectivity index (χ0n) is 9.92. The molecule has 0 unspecified atom stereocenters. The summed E-state index contributed by atoms with van der Waals surface area (Å²) in [6, 6.07) is 0. The Morgan fingerprint density at radius 2 is 1.28 bits per heavy atom. The van der Waals surface area contributed by atoms with Crippen molar-refractivity contribution in [2.24, 2.45) is 11.8 Å². The molecule has 0 atom stereocenters. The van der Waals surface area contributed by atoms with Crippen LogP contribution in [-0.4, -0.2) is 33.7 Å². The summed E-state index contributed by atoms with van der Waals surface area (Å²) < 4.78 is 10.2. The number of ether oxygens (including phenoxy) is 2. The van der Waals surface area contributed by atoms with Crippen molar-refractivity contribution in [1.82, 2.24) is 0 Å². The zero-order chi connectivity index (χ0) is 13.0. The van der Waals surface area contributed by atoms with Crippen molar-refractivity contribution in [3.8, 4) is 0 Å². The first kappa shape index (κ1) is 11.6. The van der Waals surface area contributed by atoms with Gasteiger partial charge in [-0.2, -0.15) is 0 Å². The molecule has 4 aliphatic carbocycles. The van der Waals surface area contributed by atoms with Gasteiger partial charge < -0.3 is 19.7 Å². The van der Waals surface area contributed by atoms with Crippen molar-refractivity contribution in [2.45, 2.75) is 49.7 Å². The van der Waals surface area contributed by atoms with Crippen molar-refractivity contribution in [3.63, 3.8) is 0 Å². The second-order valence-electron chi connectivity index (χ2n) is 6.06. The Kier molecular flexibility index (Phi) is 2.27. The Balaban J connectivity index is 1.87. The smallest absolute Gasteiger partial charge is 0.450 e. The van der Waals surface area contributed by atoms with Gasteiger partial charge in [0.15, 0.2) is 0 Å². The van der Waals surface area contributed by atoms with E-state index in [2.05, 4.69) is 0 Å². The highest BCUT2D eigenvalue weighted by Gasteiger charge is 2.61. The minimum atomic E-state index is -1.28. The lowest BCUT2D eigenvalue weighted by molar-refractivity contribution is -0.206. The molecule has 4 rings (SSSR count). The molecule has 0 aliphatic heterocycles. The first-order valence-electron chi connectivity index (χ1n) is 6.24. The number of rotatable bonds is 2. The minimum Gasteiger partial charge on any atom is -0.450 e. The fourth-order valence-corrected chi connectivity index (χ4v) is 4.71. The molecule has 0 amide bonds. The SMILES string of the molecule is O=C(O)OC12CC3CC(C1)CC(OC(=O)O)(C3)C2. The summed E-state index contributed by atoms with van der Waals surface area (Å²) in [6.45, 7) is 0. The van der Waals surface area contributed by atoms with Gasteiger partial charge in [-0.3, -0.25) is 0 Å². The fraction of sp³-hybridized carbons (Fsp3) is 0.833. The van der Waals surface area contributed by atoms with Crippen LogP contribution in [-0.2, 0) is 9.47 Å². The summed E-state index contributed by atoms with van der Waals surface area (Å²) in [4.78, 5) is 21.7. The molecule has 100 valence electrons. The van der Waals surface area contributed by atoms with E-state index in [0.717, 1.165) is 6.42 Å². The minimum absolute atomic E-state index is 0.324. The van der Waals surface area contributed by atoms with Crippen molar-refractivity contribution in [1.29, 1.82) is 0 Å². The first-order valence-corrected chi connectivity index (χ1v) is 6.24. The maximum atomic E-state index is 10.8. The van der Waals surface area contributed by atoms with E-state index < -0.39 is 23.5 Å². The highest BCUT2D eigenvalue weighted by atomic mass is 16.7. The zero-order valence-corrected chi connectivity index (χ0v) is 9.92. The molecule has 2 N–H and O–H groups in total. The molecule has 0 aromatic carbocycles. The van der Waals surface area contributed by atoms with Crippen molar-refractivity contribution < 1.29 is 29.3 Å². The van der Waals surface area contributed by atoms with Gasteiger partial charge in [-0.1, -0.05) is 0 Å². The van der Waals surface area contributed by atoms with E-state index in [1.54, 1.807) is 0 Å². The summed E-state index contributed by atoms with van der Waals surface area (Å²) in [7, 11) is 0. The van der Waals surface area contributed by atoms with E-state index in [9.17, 15) is 9.59 Å². The van der Waals surface area contributed by atoms with Crippen LogP contribution < -0.4 is 0 Å². The highest BCUT2D eigenvalue weighted by molar-refractivity contribution is 5.59. The van der Waals surface area contributed by atoms with Gasteiger partial charge in [-0.15, -0.1) is 0 Å². The predicted octanol–water partition coefficient (Wildman–Crippen LogP) is 2.47. The molecule has 0 aromatic rings. The van der Waals surface area contributed by atoms with Crippen LogP contribution in [0.25, 0.3) is 0 Å². The second-order valence-corrected chi connectivity index (χ2v) is 6.06. The lowest BCUT2D eigenvalue weighted by Crippen LogP contribution is -2.61. The third-order valence-electron chi connectivity index (χ3n) is 4.56. The van der Waals surface area contributed by atoms with E-state index in [1.807, 2.05) is 0 Å². The second kappa shape index (κ2) is 3.52. The normalized spacial score (nSPS) is 44.7. The maximum absolute atomic E-state index is 10.8. The van der Waals surface area contributed by atoms with Gasteiger partial charge in [0.25, 0.3) is 0 Å². The van der Waals surface area contributed by atoms with Gasteiger partial charge in [0.1, 0.15) is 11.2 Å². The monoisotopic (exact) mass is 256 g/mol. The van der Waals surface area contributed by atoms with Crippen molar-refractivity contribution >= 4 is 12.3 Å². The molecule has 0 saturated heterocycles. The molecule has 0 spiro atoms. The summed E-state index contributed by atoms with van der Waals surface area (Å²) >= 11 is 0. The highest BCUT2D eigenvalue weighted by Crippen LogP contribution is 2.60. The molecular formula is C12H16O6. The standard InChI is InChI=1S/C12H16O6/c13-9(14)17-11-2-7-1-8(4-11)5-12(3-7,6-11)18-10(15)16/h7-8H,1-6H2,(H,13,14)(H,15,16). The van der Waals surface area contributed by atoms with Gasteiger partial charge in [0.05, 0.1) is 0 Å². The van der Waals surface area contributed by atoms with Crippen LogP contribution in [0.2, 0.25) is 0 Å². The number of carboxylic acid groups (broad SMARTS) is 2. The first-order chi connectivity index (χ1) is 8.40. The van der Waals surface area contributed by atoms with E-state index in [-0.39, 0.29) is 0 Å². The lowest BCUT2D eigenvalue weighted by atomic mass is 9.52. The van der Waals surface area contributed by atoms with Crippen LogP contribution in [0, 0.1) is 11.8 Å². The van der Waals surface area contributed by atoms with Gasteiger partial charge in [-0.05, 0) is 43.9 Å². The summed E-state index contributed by atoms with van der Waals surface area (Å²) in [5.41, 5.74) is -1.43. The van der Waals surface area contributed by atoms with E-state index >= 15 is 0 Å². The fourth-order valence-electron chi connectivity index (χ4n) is 4.71. The van der Waals surface area contributed by atoms with Gasteiger partial charge in [0.2, 0.25) is 0 Å². The molecule has 4 bridgehead atoms. The third-order valence-corrected chi connectivity index (χ3v) is 4.56. The summed E-state index contributed by atoms with van der Waals surface area (Å²) in [6.07, 6.45) is 1.70. The van der Waals surface area contributed by atoms with Crippen LogP contribution in [0.4, 0.5) is 9.59 Å². The summed E-state index contributed by atoms with van der Waals surface area (Å²) in [5, 5.41) is 17.7. The Bertz CT molecular complexity index is 355. The van der Waals surface area contributed by atoms with Gasteiger partial charge >= 0.3 is 12.3 Å². The quantitative estimate of drug-likeness (QED) is 0.737. The van der Waals surface area contributed by atoms with E-state index in [4.69, 9.17) is 19.7 Å². The number of carbonyl (C=O) groups is 2. The Labute approximate surface area is 104 Å². The number of hydrogen-bond acceptors (Lipinski definition) is 4. The third kappa shape index (κ3) is 1.79. The molecule has 0 heterocycles. The van der Waals surface area contributed by atoms with Crippen LogP contribution in [0.5, 0.6) is 0 Å². The van der Waals surface area contributed by atoms with Gasteiger partial charge in [0, 0.05) is 6.42 Å². The van der Waals surface area contributed by atoms with Crippen molar-refractivity contribution in [3.05, 3.63) is 0 Å². The summed E-state index contributed by atoms with van der Waals surface area (Å²) in [5.74, 6) is 0.648. The Morgan fingerprint density at radius 3 is 1.61 bits per heavy atom. The molecule has 4 saturated carbocycles. The van der Waals surface area contributed by atoms with Crippen LogP contribution in [0.3, 0.4) is 0 Å². The molecule has 4 fully saturated rings. The van der Waals surface area contributed by atoms with Crippen LogP contribution in [0.15, 0.2) is 0 Å². The topological polar surface area (TPSA) is 93.1 Å². The maximum Gasteiger partial charge on any atom is 0.506 e. The molecular weight excluding hydrogens is 240 g/mol. The predicted molar refractivity (Wildman–Crippen MR) is 58.4 cm³/mol. The molecule has 6 nitrogen and oxygen atoms in total. The molecule has 4 aliphatic rings. The largest absolute Gasteiger partial charge is 0.506 e. The molecule has 18 heavy (non-hydrogen) atoms.